The Morgan fingerprint density at radius 1 is 1.33 bits per heavy atom. The zero-order chi connectivity index (χ0) is 18.6. The summed E-state index contributed by atoms with van der Waals surface area (Å²) in [6.07, 6.45) is 6.12. The number of methoxy groups -OCH3 is 1. The van der Waals surface area contributed by atoms with Gasteiger partial charge < -0.3 is 18.8 Å². The molecule has 1 atom stereocenters. The van der Waals surface area contributed by atoms with Crippen LogP contribution in [-0.4, -0.2) is 57.3 Å². The Labute approximate surface area is 155 Å². The maximum atomic E-state index is 12.8. The highest BCUT2D eigenvalue weighted by molar-refractivity contribution is 5.93. The molecule has 0 aromatic carbocycles. The number of hydrogen-bond donors (Lipinski definition) is 1. The maximum Gasteiger partial charge on any atom is 0.278 e. The molecule has 140 valence electrons. The fourth-order valence-corrected chi connectivity index (χ4v) is 3.06. The molecule has 4 heterocycles. The zero-order valence-electron chi connectivity index (χ0n) is 14.8. The molecule has 4 rings (SSSR count). The highest BCUT2D eigenvalue weighted by atomic mass is 16.5. The first-order valence-electron chi connectivity index (χ1n) is 8.65. The Morgan fingerprint density at radius 3 is 2.96 bits per heavy atom. The van der Waals surface area contributed by atoms with E-state index in [1.807, 2.05) is 0 Å². The van der Waals surface area contributed by atoms with E-state index < -0.39 is 0 Å². The van der Waals surface area contributed by atoms with E-state index in [1.165, 1.54) is 13.3 Å². The Morgan fingerprint density at radius 2 is 2.19 bits per heavy atom. The summed E-state index contributed by atoms with van der Waals surface area (Å²) in [5.41, 5.74) is 1.01. The summed E-state index contributed by atoms with van der Waals surface area (Å²) in [7, 11) is 1.52. The van der Waals surface area contributed by atoms with Crippen LogP contribution in [0.4, 0.5) is 0 Å². The molecule has 1 unspecified atom stereocenters. The van der Waals surface area contributed by atoms with Crippen LogP contribution in [0.15, 0.2) is 41.3 Å². The monoisotopic (exact) mass is 369 g/mol. The topological polar surface area (TPSA) is 106 Å². The fourth-order valence-electron chi connectivity index (χ4n) is 3.06. The molecule has 9 nitrogen and oxygen atoms in total. The Kier molecular flexibility index (Phi) is 4.73. The van der Waals surface area contributed by atoms with E-state index in [2.05, 4.69) is 20.2 Å². The Hall–Kier alpha value is -3.36. The third-order valence-electron chi connectivity index (χ3n) is 4.35. The van der Waals surface area contributed by atoms with Crippen molar-refractivity contribution in [2.45, 2.75) is 18.9 Å². The molecule has 0 bridgehead atoms. The lowest BCUT2D eigenvalue weighted by atomic mass is 10.1. The van der Waals surface area contributed by atoms with Gasteiger partial charge in [-0.1, -0.05) is 0 Å². The molecule has 9 heteroatoms. The van der Waals surface area contributed by atoms with Crippen LogP contribution in [-0.2, 0) is 0 Å². The first-order chi connectivity index (χ1) is 13.2. The average molecular weight is 369 g/mol. The van der Waals surface area contributed by atoms with E-state index in [0.29, 0.717) is 42.0 Å². The van der Waals surface area contributed by atoms with E-state index in [-0.39, 0.29) is 12.0 Å². The molecule has 0 saturated carbocycles. The van der Waals surface area contributed by atoms with Crippen molar-refractivity contribution < 1.29 is 18.7 Å². The molecule has 27 heavy (non-hydrogen) atoms. The van der Waals surface area contributed by atoms with Gasteiger partial charge in [0.2, 0.25) is 0 Å². The van der Waals surface area contributed by atoms with E-state index in [4.69, 9.17) is 13.9 Å². The minimum Gasteiger partial charge on any atom is -0.477 e. The van der Waals surface area contributed by atoms with Gasteiger partial charge in [-0.05, 0) is 25.0 Å². The van der Waals surface area contributed by atoms with Crippen molar-refractivity contribution in [3.05, 3.63) is 42.5 Å². The predicted octanol–water partition coefficient (Wildman–Crippen LogP) is 2.15. The number of aromatic amines is 1. The van der Waals surface area contributed by atoms with Crippen molar-refractivity contribution in [3.8, 4) is 23.2 Å². The Balaban J connectivity index is 1.44. The van der Waals surface area contributed by atoms with Crippen molar-refractivity contribution in [2.75, 3.05) is 20.2 Å². The number of carbonyl (C=O) groups excluding carboxylic acids is 1. The minimum atomic E-state index is -0.184. The second kappa shape index (κ2) is 7.48. The van der Waals surface area contributed by atoms with Crippen molar-refractivity contribution in [2.24, 2.45) is 0 Å². The summed E-state index contributed by atoms with van der Waals surface area (Å²) in [5.74, 6) is 1.15. The number of amides is 1. The van der Waals surface area contributed by atoms with Gasteiger partial charge in [0.05, 0.1) is 19.9 Å². The molecule has 1 amide bonds. The summed E-state index contributed by atoms with van der Waals surface area (Å²) in [6.45, 7) is 1.10. The van der Waals surface area contributed by atoms with Crippen molar-refractivity contribution >= 4 is 5.91 Å². The lowest BCUT2D eigenvalue weighted by Crippen LogP contribution is -2.44. The molecule has 1 saturated heterocycles. The number of ether oxygens (including phenoxy) is 2. The average Bonchev–Trinajstić information content (AvgIpc) is 3.40. The third-order valence-corrected chi connectivity index (χ3v) is 4.35. The lowest BCUT2D eigenvalue weighted by Gasteiger charge is -2.32. The quantitative estimate of drug-likeness (QED) is 0.734. The first-order valence-corrected chi connectivity index (χ1v) is 8.65. The van der Waals surface area contributed by atoms with Gasteiger partial charge in [0, 0.05) is 25.0 Å². The van der Waals surface area contributed by atoms with Crippen LogP contribution in [0.25, 0.3) is 11.5 Å². The SMILES string of the molecule is COc1nccnc1OC1CCCN(C(=O)c2cc(-c3ccco3)[nH]n2)C1. The van der Waals surface area contributed by atoms with Gasteiger partial charge in [-0.3, -0.25) is 9.89 Å². The molecule has 1 N–H and O–H groups in total. The summed E-state index contributed by atoms with van der Waals surface area (Å²) in [4.78, 5) is 22.8. The van der Waals surface area contributed by atoms with Crippen LogP contribution in [0.1, 0.15) is 23.3 Å². The summed E-state index contributed by atoms with van der Waals surface area (Å²) in [5, 5.41) is 6.96. The number of likely N-dealkylation sites (tertiary alicyclic amines) is 1. The van der Waals surface area contributed by atoms with Gasteiger partial charge in [-0.15, -0.1) is 0 Å². The van der Waals surface area contributed by atoms with Gasteiger partial charge in [-0.2, -0.15) is 5.10 Å². The number of hydrogen-bond acceptors (Lipinski definition) is 7. The van der Waals surface area contributed by atoms with E-state index in [0.717, 1.165) is 12.8 Å². The van der Waals surface area contributed by atoms with Gasteiger partial charge in [0.25, 0.3) is 17.7 Å². The number of carbonyl (C=O) groups is 1. The molecular weight excluding hydrogens is 350 g/mol. The number of piperidine rings is 1. The molecule has 0 radical (unpaired) electrons. The second-order valence-corrected chi connectivity index (χ2v) is 6.15. The van der Waals surface area contributed by atoms with E-state index >= 15 is 0 Å². The molecular formula is C18H19N5O4. The van der Waals surface area contributed by atoms with Gasteiger partial charge >= 0.3 is 0 Å². The molecule has 3 aromatic rings. The van der Waals surface area contributed by atoms with Gasteiger partial charge in [0.15, 0.2) is 11.5 Å². The third kappa shape index (κ3) is 3.62. The second-order valence-electron chi connectivity index (χ2n) is 6.15. The van der Waals surface area contributed by atoms with Crippen molar-refractivity contribution in [3.63, 3.8) is 0 Å². The van der Waals surface area contributed by atoms with Crippen molar-refractivity contribution in [1.29, 1.82) is 0 Å². The molecule has 0 spiro atoms. The van der Waals surface area contributed by atoms with Crippen LogP contribution < -0.4 is 9.47 Å². The number of rotatable bonds is 5. The molecule has 0 aliphatic carbocycles. The van der Waals surface area contributed by atoms with Crippen LogP contribution in [0.2, 0.25) is 0 Å². The van der Waals surface area contributed by atoms with Crippen LogP contribution in [0.5, 0.6) is 11.8 Å². The predicted molar refractivity (Wildman–Crippen MR) is 94.4 cm³/mol. The number of furan rings is 1. The zero-order valence-corrected chi connectivity index (χ0v) is 14.8. The normalized spacial score (nSPS) is 16.9. The number of aromatic nitrogens is 4. The van der Waals surface area contributed by atoms with E-state index in [9.17, 15) is 4.79 Å². The smallest absolute Gasteiger partial charge is 0.278 e. The van der Waals surface area contributed by atoms with Gasteiger partial charge in [0.1, 0.15) is 11.8 Å². The Bertz CT molecular complexity index is 908. The van der Waals surface area contributed by atoms with Crippen LogP contribution in [0, 0.1) is 0 Å². The molecule has 1 aliphatic rings. The number of nitrogens with zero attached hydrogens (tertiary/aromatic N) is 4. The largest absolute Gasteiger partial charge is 0.477 e. The standard InChI is InChI=1S/C18H19N5O4/c1-25-16-17(20-7-6-19-16)27-12-4-2-8-23(11-12)18(24)14-10-13(21-22-14)15-5-3-9-26-15/h3,5-7,9-10,12H,2,4,8,11H2,1H3,(H,21,22). The number of H-pyrrole nitrogens is 1. The summed E-state index contributed by atoms with van der Waals surface area (Å²) < 4.78 is 16.4. The highest BCUT2D eigenvalue weighted by Gasteiger charge is 2.28. The van der Waals surface area contributed by atoms with Gasteiger partial charge in [-0.25, -0.2) is 9.97 Å². The minimum absolute atomic E-state index is 0.150. The molecule has 3 aromatic heterocycles. The van der Waals surface area contributed by atoms with Crippen molar-refractivity contribution in [1.82, 2.24) is 25.1 Å². The van der Waals surface area contributed by atoms with E-state index in [1.54, 1.807) is 35.6 Å². The number of nitrogens with one attached hydrogen (secondary N) is 1. The summed E-state index contributed by atoms with van der Waals surface area (Å²) >= 11 is 0. The lowest BCUT2D eigenvalue weighted by molar-refractivity contribution is 0.0514. The summed E-state index contributed by atoms with van der Waals surface area (Å²) in [6, 6.07) is 5.28. The highest BCUT2D eigenvalue weighted by Crippen LogP contribution is 2.25. The van der Waals surface area contributed by atoms with Crippen LogP contribution >= 0.6 is 0 Å². The maximum absolute atomic E-state index is 12.8. The fraction of sp³-hybridized carbons (Fsp3) is 0.333. The first kappa shape index (κ1) is 17.1. The molecule has 1 fully saturated rings. The molecule has 1 aliphatic heterocycles. The van der Waals surface area contributed by atoms with Crippen LogP contribution in [0.3, 0.4) is 0 Å².